The number of furan rings is 1. The number of fused-ring (bicyclic) bond motifs is 1. The fraction of sp³-hybridized carbons (Fsp3) is 0.412. The van der Waals surface area contributed by atoms with E-state index in [0.29, 0.717) is 24.1 Å². The van der Waals surface area contributed by atoms with Crippen molar-refractivity contribution in [3.8, 4) is 0 Å². The van der Waals surface area contributed by atoms with Gasteiger partial charge in [-0.3, -0.25) is 9.59 Å². The van der Waals surface area contributed by atoms with Gasteiger partial charge in [-0.15, -0.1) is 0 Å². The van der Waals surface area contributed by atoms with Crippen molar-refractivity contribution in [1.82, 2.24) is 10.6 Å². The smallest absolute Gasteiger partial charge is 0.288 e. The van der Waals surface area contributed by atoms with Crippen molar-refractivity contribution >= 4 is 22.8 Å². The Labute approximate surface area is 134 Å². The molecule has 0 bridgehead atoms. The minimum Gasteiger partial charge on any atom is -0.451 e. The van der Waals surface area contributed by atoms with Gasteiger partial charge in [0.05, 0.1) is 6.61 Å². The van der Waals surface area contributed by atoms with Gasteiger partial charge in [0.25, 0.3) is 5.91 Å². The summed E-state index contributed by atoms with van der Waals surface area (Å²) in [6.07, 6.45) is 2.46. The fourth-order valence-corrected chi connectivity index (χ4v) is 2.87. The minimum atomic E-state index is -0.520. The van der Waals surface area contributed by atoms with Crippen LogP contribution in [0.15, 0.2) is 28.7 Å². The van der Waals surface area contributed by atoms with Crippen LogP contribution in [0.3, 0.4) is 0 Å². The van der Waals surface area contributed by atoms with Crippen molar-refractivity contribution in [2.45, 2.75) is 31.9 Å². The number of rotatable bonds is 4. The molecule has 0 aliphatic carbocycles. The zero-order valence-corrected chi connectivity index (χ0v) is 13.1. The Morgan fingerprint density at radius 3 is 3.04 bits per heavy atom. The Balaban J connectivity index is 1.87. The zero-order valence-electron chi connectivity index (χ0n) is 13.1. The number of amides is 2. The van der Waals surface area contributed by atoms with Gasteiger partial charge in [0.15, 0.2) is 5.76 Å². The highest BCUT2D eigenvalue weighted by atomic mass is 16.5. The van der Waals surface area contributed by atoms with Crippen LogP contribution in [0, 0.1) is 0 Å². The molecule has 1 aliphatic heterocycles. The molecule has 2 N–H and O–H groups in total. The Bertz CT molecular complexity index is 722. The summed E-state index contributed by atoms with van der Waals surface area (Å²) < 4.78 is 10.9. The summed E-state index contributed by atoms with van der Waals surface area (Å²) in [5.74, 6) is -0.305. The molecule has 1 aromatic carbocycles. The van der Waals surface area contributed by atoms with Crippen LogP contribution in [0.1, 0.15) is 35.4 Å². The summed E-state index contributed by atoms with van der Waals surface area (Å²) in [5, 5.41) is 6.44. The van der Waals surface area contributed by atoms with Crippen LogP contribution in [-0.2, 0) is 16.1 Å². The normalized spacial score (nSPS) is 18.5. The minimum absolute atomic E-state index is 0.139. The van der Waals surface area contributed by atoms with Crippen LogP contribution >= 0.6 is 0 Å². The summed E-state index contributed by atoms with van der Waals surface area (Å²) in [4.78, 5) is 24.6. The topological polar surface area (TPSA) is 80.6 Å². The van der Waals surface area contributed by atoms with E-state index in [-0.39, 0.29) is 24.2 Å². The molecule has 0 spiro atoms. The molecule has 1 saturated heterocycles. The van der Waals surface area contributed by atoms with E-state index in [9.17, 15) is 9.59 Å². The third kappa shape index (κ3) is 3.22. The summed E-state index contributed by atoms with van der Waals surface area (Å²) in [6.45, 7) is 0.932. The molecule has 6 heteroatoms. The lowest BCUT2D eigenvalue weighted by Crippen LogP contribution is -2.45. The zero-order chi connectivity index (χ0) is 16.2. The van der Waals surface area contributed by atoms with Crippen molar-refractivity contribution in [3.63, 3.8) is 0 Å². The molecule has 6 nitrogen and oxygen atoms in total. The number of nitrogens with one attached hydrogen (secondary N) is 2. The third-order valence-electron chi connectivity index (χ3n) is 4.03. The van der Waals surface area contributed by atoms with Crippen LogP contribution < -0.4 is 10.6 Å². The average molecular weight is 316 g/mol. The van der Waals surface area contributed by atoms with Gasteiger partial charge >= 0.3 is 0 Å². The van der Waals surface area contributed by atoms with Crippen LogP contribution in [0.2, 0.25) is 0 Å². The number of benzene rings is 1. The molecule has 0 saturated carbocycles. The average Bonchev–Trinajstić information content (AvgIpc) is 2.80. The van der Waals surface area contributed by atoms with E-state index in [1.165, 1.54) is 0 Å². The Morgan fingerprint density at radius 1 is 1.39 bits per heavy atom. The summed E-state index contributed by atoms with van der Waals surface area (Å²) in [5.41, 5.74) is 1.34. The predicted octanol–water partition coefficient (Wildman–Crippen LogP) is 1.98. The number of ether oxygens (including phenoxy) is 1. The number of para-hydroxylation sites is 1. The van der Waals surface area contributed by atoms with Crippen LogP contribution in [-0.4, -0.2) is 31.5 Å². The number of hydrogen-bond acceptors (Lipinski definition) is 4. The van der Waals surface area contributed by atoms with Crippen LogP contribution in [0.5, 0.6) is 0 Å². The third-order valence-corrected chi connectivity index (χ3v) is 4.03. The summed E-state index contributed by atoms with van der Waals surface area (Å²) in [7, 11) is 1.57. The number of methoxy groups -OCH3 is 1. The van der Waals surface area contributed by atoms with Crippen molar-refractivity contribution < 1.29 is 18.7 Å². The maximum atomic E-state index is 12.6. The van der Waals surface area contributed by atoms with Gasteiger partial charge in [0.2, 0.25) is 5.91 Å². The molecular formula is C17H20N2O4. The van der Waals surface area contributed by atoms with E-state index in [4.69, 9.17) is 9.15 Å². The lowest BCUT2D eigenvalue weighted by atomic mass is 10.1. The van der Waals surface area contributed by atoms with E-state index in [1.54, 1.807) is 7.11 Å². The van der Waals surface area contributed by atoms with E-state index in [1.807, 2.05) is 24.3 Å². The van der Waals surface area contributed by atoms with E-state index >= 15 is 0 Å². The summed E-state index contributed by atoms with van der Waals surface area (Å²) in [6, 6.07) is 6.92. The highest BCUT2D eigenvalue weighted by molar-refractivity contribution is 6.01. The molecule has 0 unspecified atom stereocenters. The predicted molar refractivity (Wildman–Crippen MR) is 85.0 cm³/mol. The highest BCUT2D eigenvalue weighted by Gasteiger charge is 2.26. The fourth-order valence-electron chi connectivity index (χ4n) is 2.87. The van der Waals surface area contributed by atoms with Gasteiger partial charge < -0.3 is 19.8 Å². The monoisotopic (exact) mass is 316 g/mol. The first-order chi connectivity index (χ1) is 11.2. The molecule has 0 radical (unpaired) electrons. The van der Waals surface area contributed by atoms with Crippen molar-refractivity contribution in [3.05, 3.63) is 35.6 Å². The second kappa shape index (κ2) is 6.83. The van der Waals surface area contributed by atoms with Crippen LogP contribution in [0.4, 0.5) is 0 Å². The van der Waals surface area contributed by atoms with Crippen LogP contribution in [0.25, 0.3) is 11.0 Å². The van der Waals surface area contributed by atoms with E-state index < -0.39 is 6.04 Å². The summed E-state index contributed by atoms with van der Waals surface area (Å²) >= 11 is 0. The molecule has 3 rings (SSSR count). The second-order valence-electron chi connectivity index (χ2n) is 5.65. The highest BCUT2D eigenvalue weighted by Crippen LogP contribution is 2.26. The van der Waals surface area contributed by atoms with Gasteiger partial charge in [-0.1, -0.05) is 18.2 Å². The van der Waals surface area contributed by atoms with Crippen molar-refractivity contribution in [2.24, 2.45) is 0 Å². The first-order valence-electron chi connectivity index (χ1n) is 7.78. The van der Waals surface area contributed by atoms with E-state index in [0.717, 1.165) is 18.2 Å². The quantitative estimate of drug-likeness (QED) is 0.904. The maximum Gasteiger partial charge on any atom is 0.288 e. The standard InChI is InChI=1S/C17H20N2O4/c1-22-10-12-11-6-2-3-8-14(11)23-15(12)17(21)19-13-7-4-5-9-18-16(13)20/h2-3,6,8,13H,4-5,7,9-10H2,1H3,(H,18,20)(H,19,21)/t13-/m0/s1. The van der Waals surface area contributed by atoms with Gasteiger partial charge in [-0.25, -0.2) is 0 Å². The Morgan fingerprint density at radius 2 is 2.22 bits per heavy atom. The molecule has 2 heterocycles. The molecule has 122 valence electrons. The van der Waals surface area contributed by atoms with E-state index in [2.05, 4.69) is 10.6 Å². The first kappa shape index (κ1) is 15.6. The van der Waals surface area contributed by atoms with Crippen molar-refractivity contribution in [2.75, 3.05) is 13.7 Å². The molecule has 23 heavy (non-hydrogen) atoms. The molecule has 1 atom stereocenters. The lowest BCUT2D eigenvalue weighted by Gasteiger charge is -2.14. The van der Waals surface area contributed by atoms with Gasteiger partial charge in [0, 0.05) is 24.6 Å². The maximum absolute atomic E-state index is 12.6. The van der Waals surface area contributed by atoms with Crippen molar-refractivity contribution in [1.29, 1.82) is 0 Å². The number of hydrogen-bond donors (Lipinski definition) is 2. The number of carbonyl (C=O) groups excluding carboxylic acids is 2. The Kier molecular flexibility index (Phi) is 4.62. The van der Waals surface area contributed by atoms with Gasteiger partial charge in [0.1, 0.15) is 11.6 Å². The SMILES string of the molecule is COCc1c(C(=O)N[C@H]2CCCCNC2=O)oc2ccccc12. The number of carbonyl (C=O) groups is 2. The molecular weight excluding hydrogens is 296 g/mol. The lowest BCUT2D eigenvalue weighted by molar-refractivity contribution is -0.122. The molecule has 1 fully saturated rings. The molecule has 2 aromatic rings. The Hall–Kier alpha value is -2.34. The molecule has 2 amide bonds. The first-order valence-corrected chi connectivity index (χ1v) is 7.78. The molecule has 1 aliphatic rings. The second-order valence-corrected chi connectivity index (χ2v) is 5.65. The molecule has 1 aromatic heterocycles. The van der Waals surface area contributed by atoms with Gasteiger partial charge in [-0.05, 0) is 25.3 Å². The largest absolute Gasteiger partial charge is 0.451 e. The van der Waals surface area contributed by atoms with Gasteiger partial charge in [-0.2, -0.15) is 0 Å².